The van der Waals surface area contributed by atoms with E-state index in [-0.39, 0.29) is 19.5 Å². The first-order valence-electron chi connectivity index (χ1n) is 6.22. The maximum atomic E-state index is 12.1. The second kappa shape index (κ2) is 7.63. The van der Waals surface area contributed by atoms with E-state index in [1.807, 2.05) is 0 Å². The number of aryl methyl sites for hydroxylation is 1. The molecule has 0 bridgehead atoms. The third-order valence-electron chi connectivity index (χ3n) is 2.54. The molecule has 0 saturated heterocycles. The van der Waals surface area contributed by atoms with E-state index >= 15 is 0 Å². The van der Waals surface area contributed by atoms with Gasteiger partial charge >= 0.3 is 6.18 Å². The summed E-state index contributed by atoms with van der Waals surface area (Å²) in [4.78, 5) is 22.4. The second-order valence-electron chi connectivity index (χ2n) is 4.34. The quantitative estimate of drug-likeness (QED) is 0.738. The molecule has 0 aliphatic heterocycles. The third-order valence-corrected chi connectivity index (χ3v) is 2.54. The van der Waals surface area contributed by atoms with Crippen LogP contribution in [0.1, 0.15) is 12.0 Å². The molecule has 0 aliphatic rings. The summed E-state index contributed by atoms with van der Waals surface area (Å²) in [7, 11) is 0. The minimum Gasteiger partial charge on any atom is -0.346 e. The molecule has 8 heteroatoms. The Labute approximate surface area is 119 Å². The van der Waals surface area contributed by atoms with Gasteiger partial charge in [0.2, 0.25) is 11.8 Å². The SMILES string of the molecule is NCC(=O)NCC(=O)Nc1cccc(CCC(F)(F)F)c1. The van der Waals surface area contributed by atoms with Crippen molar-refractivity contribution in [1.29, 1.82) is 0 Å². The number of hydrogen-bond donors (Lipinski definition) is 3. The van der Waals surface area contributed by atoms with Crippen LogP contribution in [0, 0.1) is 0 Å². The number of nitrogens with two attached hydrogens (primary N) is 1. The summed E-state index contributed by atoms with van der Waals surface area (Å²) in [5, 5.41) is 4.77. The van der Waals surface area contributed by atoms with E-state index in [2.05, 4.69) is 10.6 Å². The lowest BCUT2D eigenvalue weighted by Crippen LogP contribution is -2.36. The van der Waals surface area contributed by atoms with Crippen molar-refractivity contribution in [2.45, 2.75) is 19.0 Å². The summed E-state index contributed by atoms with van der Waals surface area (Å²) in [6.45, 7) is -0.469. The molecule has 116 valence electrons. The normalized spacial score (nSPS) is 11.0. The van der Waals surface area contributed by atoms with Crippen molar-refractivity contribution in [1.82, 2.24) is 5.32 Å². The van der Waals surface area contributed by atoms with Crippen LogP contribution >= 0.6 is 0 Å². The highest BCUT2D eigenvalue weighted by Gasteiger charge is 2.26. The van der Waals surface area contributed by atoms with Gasteiger partial charge in [-0.3, -0.25) is 9.59 Å². The predicted molar refractivity (Wildman–Crippen MR) is 71.5 cm³/mol. The van der Waals surface area contributed by atoms with Crippen molar-refractivity contribution in [3.05, 3.63) is 29.8 Å². The highest BCUT2D eigenvalue weighted by atomic mass is 19.4. The topological polar surface area (TPSA) is 84.2 Å². The Morgan fingerprint density at radius 1 is 1.19 bits per heavy atom. The van der Waals surface area contributed by atoms with Gasteiger partial charge < -0.3 is 16.4 Å². The molecule has 0 aromatic heterocycles. The fraction of sp³-hybridized carbons (Fsp3) is 0.385. The summed E-state index contributed by atoms with van der Waals surface area (Å²) in [6.07, 6.45) is -5.29. The molecule has 0 saturated carbocycles. The van der Waals surface area contributed by atoms with E-state index in [0.717, 1.165) is 0 Å². The fourth-order valence-corrected chi connectivity index (χ4v) is 1.55. The number of carbonyl (C=O) groups is 2. The zero-order valence-electron chi connectivity index (χ0n) is 11.2. The predicted octanol–water partition coefficient (Wildman–Crippen LogP) is 1.19. The zero-order valence-corrected chi connectivity index (χ0v) is 11.2. The van der Waals surface area contributed by atoms with Gasteiger partial charge in [-0.1, -0.05) is 12.1 Å². The van der Waals surface area contributed by atoms with Gasteiger partial charge in [-0.15, -0.1) is 0 Å². The molecule has 0 aliphatic carbocycles. The Morgan fingerprint density at radius 2 is 1.90 bits per heavy atom. The maximum absolute atomic E-state index is 12.1. The molecule has 5 nitrogen and oxygen atoms in total. The standard InChI is InChI=1S/C13H16F3N3O2/c14-13(15,16)5-4-9-2-1-3-10(6-9)19-12(21)8-18-11(20)7-17/h1-3,6H,4-5,7-8,17H2,(H,18,20)(H,19,21). The highest BCUT2D eigenvalue weighted by Crippen LogP contribution is 2.23. The number of hydrogen-bond acceptors (Lipinski definition) is 3. The summed E-state index contributed by atoms with van der Waals surface area (Å²) < 4.78 is 36.4. The first-order chi connectivity index (χ1) is 9.80. The number of carbonyl (C=O) groups excluding carboxylic acids is 2. The van der Waals surface area contributed by atoms with Crippen LogP contribution in [-0.4, -0.2) is 31.1 Å². The maximum Gasteiger partial charge on any atom is 0.389 e. The van der Waals surface area contributed by atoms with Crippen LogP contribution in [0.2, 0.25) is 0 Å². The molecule has 4 N–H and O–H groups in total. The number of halogens is 3. The van der Waals surface area contributed by atoms with Gasteiger partial charge in [0, 0.05) is 12.1 Å². The molecule has 21 heavy (non-hydrogen) atoms. The Bertz CT molecular complexity index is 504. The van der Waals surface area contributed by atoms with Crippen LogP contribution in [0.3, 0.4) is 0 Å². The van der Waals surface area contributed by atoms with E-state index in [1.54, 1.807) is 18.2 Å². The van der Waals surface area contributed by atoms with Crippen LogP contribution in [0.15, 0.2) is 24.3 Å². The summed E-state index contributed by atoms with van der Waals surface area (Å²) in [5.41, 5.74) is 5.91. The summed E-state index contributed by atoms with van der Waals surface area (Å²) in [6, 6.07) is 6.13. The molecule has 0 atom stereocenters. The molecule has 2 amide bonds. The van der Waals surface area contributed by atoms with Crippen molar-refractivity contribution in [2.24, 2.45) is 5.73 Å². The first kappa shape index (κ1) is 17.0. The number of amides is 2. The molecule has 0 unspecified atom stereocenters. The number of rotatable bonds is 6. The minimum atomic E-state index is -4.22. The smallest absolute Gasteiger partial charge is 0.346 e. The average Bonchev–Trinajstić information content (AvgIpc) is 2.42. The first-order valence-corrected chi connectivity index (χ1v) is 6.22. The van der Waals surface area contributed by atoms with E-state index in [1.165, 1.54) is 6.07 Å². The monoisotopic (exact) mass is 303 g/mol. The average molecular weight is 303 g/mol. The number of nitrogens with one attached hydrogen (secondary N) is 2. The van der Waals surface area contributed by atoms with Crippen LogP contribution in [-0.2, 0) is 16.0 Å². The molecular formula is C13H16F3N3O2. The van der Waals surface area contributed by atoms with Crippen LogP contribution in [0.25, 0.3) is 0 Å². The molecule has 1 aromatic carbocycles. The van der Waals surface area contributed by atoms with Crippen LogP contribution in [0.5, 0.6) is 0 Å². The largest absolute Gasteiger partial charge is 0.389 e. The van der Waals surface area contributed by atoms with E-state index in [9.17, 15) is 22.8 Å². The third kappa shape index (κ3) is 7.31. The van der Waals surface area contributed by atoms with Crippen LogP contribution < -0.4 is 16.4 Å². The lowest BCUT2D eigenvalue weighted by Gasteiger charge is -2.09. The number of alkyl halides is 3. The van der Waals surface area contributed by atoms with E-state index in [4.69, 9.17) is 5.73 Å². The van der Waals surface area contributed by atoms with Crippen molar-refractivity contribution in [3.8, 4) is 0 Å². The second-order valence-corrected chi connectivity index (χ2v) is 4.34. The van der Waals surface area contributed by atoms with Crippen molar-refractivity contribution in [3.63, 3.8) is 0 Å². The van der Waals surface area contributed by atoms with Gasteiger partial charge in [-0.05, 0) is 24.1 Å². The van der Waals surface area contributed by atoms with Gasteiger partial charge in [0.1, 0.15) is 0 Å². The van der Waals surface area contributed by atoms with Gasteiger partial charge in [0.15, 0.2) is 0 Å². The van der Waals surface area contributed by atoms with E-state index in [0.29, 0.717) is 11.3 Å². The van der Waals surface area contributed by atoms with E-state index < -0.39 is 24.4 Å². The Morgan fingerprint density at radius 3 is 2.52 bits per heavy atom. The van der Waals surface area contributed by atoms with Crippen molar-refractivity contribution < 1.29 is 22.8 Å². The zero-order chi connectivity index (χ0) is 15.9. The highest BCUT2D eigenvalue weighted by molar-refractivity contribution is 5.94. The van der Waals surface area contributed by atoms with Crippen molar-refractivity contribution in [2.75, 3.05) is 18.4 Å². The molecule has 1 aromatic rings. The summed E-state index contributed by atoms with van der Waals surface area (Å²) in [5.74, 6) is -0.950. The molecule has 0 fully saturated rings. The Hall–Kier alpha value is -2.09. The van der Waals surface area contributed by atoms with Crippen LogP contribution in [0.4, 0.5) is 18.9 Å². The molecular weight excluding hydrogens is 287 g/mol. The number of benzene rings is 1. The molecule has 0 spiro atoms. The molecule has 1 rings (SSSR count). The lowest BCUT2D eigenvalue weighted by molar-refractivity contribution is -0.134. The molecule has 0 radical (unpaired) electrons. The number of anilines is 1. The summed E-state index contributed by atoms with van der Waals surface area (Å²) >= 11 is 0. The van der Waals surface area contributed by atoms with Gasteiger partial charge in [0.25, 0.3) is 0 Å². The Kier molecular flexibility index (Phi) is 6.16. The van der Waals surface area contributed by atoms with Gasteiger partial charge in [-0.25, -0.2) is 0 Å². The lowest BCUT2D eigenvalue weighted by atomic mass is 10.1. The Balaban J connectivity index is 2.52. The van der Waals surface area contributed by atoms with Crippen molar-refractivity contribution >= 4 is 17.5 Å². The van der Waals surface area contributed by atoms with Gasteiger partial charge in [0.05, 0.1) is 13.1 Å². The fourth-order valence-electron chi connectivity index (χ4n) is 1.55. The van der Waals surface area contributed by atoms with Gasteiger partial charge in [-0.2, -0.15) is 13.2 Å². The molecule has 0 heterocycles. The minimum absolute atomic E-state index is 0.156.